The Morgan fingerprint density at radius 3 is 0.792 bits per heavy atom. The number of rotatable bonds is 75. The number of phosphoric acid groups is 2. The van der Waals surface area contributed by atoms with Gasteiger partial charge in [-0.15, -0.1) is 0 Å². The summed E-state index contributed by atoms with van der Waals surface area (Å²) < 4.78 is 68.6. The molecule has 0 aliphatic carbocycles. The second kappa shape index (κ2) is 67.5. The van der Waals surface area contributed by atoms with Gasteiger partial charge in [-0.25, -0.2) is 9.13 Å². The highest BCUT2D eigenvalue weighted by molar-refractivity contribution is 7.47. The molecule has 0 rings (SSSR count). The molecule has 0 radical (unpaired) electrons. The zero-order chi connectivity index (χ0) is 70.9. The SMILES string of the molecule is CCCCCCCCCCCCCCCCCC(=O)OC[C@H](COP(=O)(O)OC[C@@H](O)COP(=O)(O)OC[C@@H](COC(=O)CCCCCCCCCCC(C)C)OC(=O)CCCCCCCCCCCCC(C)CC)OC(=O)CCCCCCCCCCCCCCCC(C)C. The molecule has 0 aromatic rings. The van der Waals surface area contributed by atoms with Crippen molar-refractivity contribution in [3.05, 3.63) is 0 Å². The van der Waals surface area contributed by atoms with Crippen LogP contribution >= 0.6 is 15.6 Å². The minimum Gasteiger partial charge on any atom is -0.462 e. The van der Waals surface area contributed by atoms with E-state index < -0.39 is 97.5 Å². The lowest BCUT2D eigenvalue weighted by atomic mass is 9.99. The molecule has 6 atom stereocenters. The monoisotopic (exact) mass is 1410 g/mol. The van der Waals surface area contributed by atoms with Crippen LogP contribution in [-0.2, 0) is 65.4 Å². The van der Waals surface area contributed by atoms with Gasteiger partial charge >= 0.3 is 39.5 Å². The topological polar surface area (TPSA) is 237 Å². The number of phosphoric ester groups is 2. The average Bonchev–Trinajstić information content (AvgIpc) is 2.98. The average molecular weight is 1410 g/mol. The lowest BCUT2D eigenvalue weighted by Gasteiger charge is -2.21. The van der Waals surface area contributed by atoms with Crippen molar-refractivity contribution in [3.8, 4) is 0 Å². The van der Waals surface area contributed by atoms with Crippen LogP contribution in [0.5, 0.6) is 0 Å². The maximum absolute atomic E-state index is 13.1. The van der Waals surface area contributed by atoms with Gasteiger partial charge in [0.25, 0.3) is 0 Å². The summed E-state index contributed by atoms with van der Waals surface area (Å²) in [4.78, 5) is 72.9. The summed E-state index contributed by atoms with van der Waals surface area (Å²) in [5.74, 6) is 0.200. The summed E-state index contributed by atoms with van der Waals surface area (Å²) in [5.41, 5.74) is 0. The van der Waals surface area contributed by atoms with Crippen LogP contribution in [0.4, 0.5) is 0 Å². The molecule has 0 aliphatic heterocycles. The van der Waals surface area contributed by atoms with Gasteiger partial charge < -0.3 is 33.8 Å². The van der Waals surface area contributed by atoms with Gasteiger partial charge in [-0.2, -0.15) is 0 Å². The summed E-state index contributed by atoms with van der Waals surface area (Å²) in [6.45, 7) is 11.9. The molecule has 0 aromatic heterocycles. The minimum absolute atomic E-state index is 0.106. The van der Waals surface area contributed by atoms with Gasteiger partial charge in [0, 0.05) is 25.7 Å². The first-order chi connectivity index (χ1) is 46.3. The molecule has 0 amide bonds. The predicted octanol–water partition coefficient (Wildman–Crippen LogP) is 22.6. The third-order valence-electron chi connectivity index (χ3n) is 18.2. The Bertz CT molecular complexity index is 1870. The van der Waals surface area contributed by atoms with Gasteiger partial charge in [0.15, 0.2) is 12.2 Å². The Morgan fingerprint density at radius 1 is 0.302 bits per heavy atom. The van der Waals surface area contributed by atoms with Gasteiger partial charge in [0.2, 0.25) is 0 Å². The van der Waals surface area contributed by atoms with Gasteiger partial charge in [-0.1, -0.05) is 344 Å². The second-order valence-electron chi connectivity index (χ2n) is 28.9. The molecular weight excluding hydrogens is 1260 g/mol. The van der Waals surface area contributed by atoms with Gasteiger partial charge in [0.1, 0.15) is 19.3 Å². The van der Waals surface area contributed by atoms with Crippen molar-refractivity contribution >= 4 is 39.5 Å². The summed E-state index contributed by atoms with van der Waals surface area (Å²) in [7, 11) is -9.92. The number of aliphatic hydroxyl groups is 1. The van der Waals surface area contributed by atoms with Crippen LogP contribution in [0.25, 0.3) is 0 Å². The van der Waals surface area contributed by atoms with Gasteiger partial charge in [-0.05, 0) is 43.4 Å². The maximum Gasteiger partial charge on any atom is 0.472 e. The number of aliphatic hydroxyl groups excluding tert-OH is 1. The molecule has 570 valence electrons. The van der Waals surface area contributed by atoms with E-state index in [2.05, 4.69) is 48.5 Å². The second-order valence-corrected chi connectivity index (χ2v) is 31.8. The molecule has 3 N–H and O–H groups in total. The number of hydrogen-bond donors (Lipinski definition) is 3. The molecule has 0 saturated heterocycles. The molecule has 0 aromatic carbocycles. The highest BCUT2D eigenvalue weighted by atomic mass is 31.2. The third-order valence-corrected chi connectivity index (χ3v) is 20.1. The van der Waals surface area contributed by atoms with Crippen molar-refractivity contribution in [1.82, 2.24) is 0 Å². The van der Waals surface area contributed by atoms with Crippen LogP contribution in [0.2, 0.25) is 0 Å². The van der Waals surface area contributed by atoms with Crippen molar-refractivity contribution in [2.45, 2.75) is 414 Å². The highest BCUT2D eigenvalue weighted by Crippen LogP contribution is 2.45. The Balaban J connectivity index is 5.27. The molecule has 3 unspecified atom stereocenters. The largest absolute Gasteiger partial charge is 0.472 e. The number of carbonyl (C=O) groups is 4. The van der Waals surface area contributed by atoms with E-state index in [1.807, 2.05) is 0 Å². The molecule has 17 nitrogen and oxygen atoms in total. The smallest absolute Gasteiger partial charge is 0.462 e. The third kappa shape index (κ3) is 69.2. The fourth-order valence-electron chi connectivity index (χ4n) is 11.7. The fraction of sp³-hybridized carbons (Fsp3) is 0.948. The quantitative estimate of drug-likeness (QED) is 0.0222. The first-order valence-electron chi connectivity index (χ1n) is 39.9. The van der Waals surface area contributed by atoms with E-state index in [1.165, 1.54) is 205 Å². The van der Waals surface area contributed by atoms with Crippen LogP contribution in [0.15, 0.2) is 0 Å². The summed E-state index contributed by atoms with van der Waals surface area (Å²) in [6, 6.07) is 0. The molecule has 96 heavy (non-hydrogen) atoms. The standard InChI is InChI=1S/C77H150O17P2/c1-8-10-11-12-13-14-15-16-17-20-23-29-37-44-51-58-74(79)87-64-72(93-76(81)60-53-46-39-30-24-21-18-19-22-27-34-41-48-55-68(3)4)66-91-95(83,84)89-62-71(78)63-90-96(85,86)92-67-73(65-88-75(80)59-52-45-38-33-32-35-42-49-56-69(5)6)94-77(82)61-54-47-40-31-26-25-28-36-43-50-57-70(7)9-2/h68-73,78H,8-67H2,1-7H3,(H,83,84)(H,85,86)/t70?,71-,72-,73-/m1/s1. The van der Waals surface area contributed by atoms with Gasteiger partial charge in [0.05, 0.1) is 26.4 Å². The van der Waals surface area contributed by atoms with Crippen molar-refractivity contribution in [2.24, 2.45) is 17.8 Å². The first-order valence-corrected chi connectivity index (χ1v) is 42.9. The number of ether oxygens (including phenoxy) is 4. The Kier molecular flexibility index (Phi) is 66.2. The number of unbranched alkanes of at least 4 members (excludes halogenated alkanes) is 42. The molecule has 0 aliphatic rings. The number of esters is 4. The summed E-state index contributed by atoms with van der Waals surface area (Å²) >= 11 is 0. The minimum atomic E-state index is -4.96. The lowest BCUT2D eigenvalue weighted by molar-refractivity contribution is -0.161. The van der Waals surface area contributed by atoms with E-state index in [4.69, 9.17) is 37.0 Å². The first kappa shape index (κ1) is 94.1. The van der Waals surface area contributed by atoms with Crippen molar-refractivity contribution < 1.29 is 80.2 Å². The van der Waals surface area contributed by atoms with E-state index in [0.717, 1.165) is 108 Å². The highest BCUT2D eigenvalue weighted by Gasteiger charge is 2.30. The molecule has 0 fully saturated rings. The van der Waals surface area contributed by atoms with Crippen LogP contribution < -0.4 is 0 Å². The van der Waals surface area contributed by atoms with Crippen LogP contribution in [0, 0.1) is 17.8 Å². The molecular formula is C77H150O17P2. The van der Waals surface area contributed by atoms with Crippen LogP contribution in [0.3, 0.4) is 0 Å². The van der Waals surface area contributed by atoms with E-state index in [9.17, 15) is 43.2 Å². The zero-order valence-corrected chi connectivity index (χ0v) is 64.6. The van der Waals surface area contributed by atoms with E-state index in [-0.39, 0.29) is 25.7 Å². The summed E-state index contributed by atoms with van der Waals surface area (Å²) in [5, 5.41) is 10.6. The molecule has 19 heteroatoms. The summed E-state index contributed by atoms with van der Waals surface area (Å²) in [6.07, 6.45) is 54.0. The molecule has 0 heterocycles. The fourth-order valence-corrected chi connectivity index (χ4v) is 13.3. The van der Waals surface area contributed by atoms with E-state index in [1.54, 1.807) is 0 Å². The Labute approximate surface area is 588 Å². The molecule has 0 bridgehead atoms. The van der Waals surface area contributed by atoms with E-state index >= 15 is 0 Å². The Hall–Kier alpha value is -1.94. The zero-order valence-electron chi connectivity index (χ0n) is 62.8. The predicted molar refractivity (Wildman–Crippen MR) is 391 cm³/mol. The molecule has 0 saturated carbocycles. The number of carbonyl (C=O) groups excluding carboxylic acids is 4. The van der Waals surface area contributed by atoms with E-state index in [0.29, 0.717) is 25.7 Å². The lowest BCUT2D eigenvalue weighted by Crippen LogP contribution is -2.30. The number of hydrogen-bond acceptors (Lipinski definition) is 15. The Morgan fingerprint density at radius 2 is 0.531 bits per heavy atom. The van der Waals surface area contributed by atoms with Crippen molar-refractivity contribution in [1.29, 1.82) is 0 Å². The van der Waals surface area contributed by atoms with Crippen molar-refractivity contribution in [3.63, 3.8) is 0 Å². The van der Waals surface area contributed by atoms with Crippen LogP contribution in [-0.4, -0.2) is 96.7 Å². The maximum atomic E-state index is 13.1. The van der Waals surface area contributed by atoms with Crippen LogP contribution in [0.1, 0.15) is 395 Å². The van der Waals surface area contributed by atoms with Crippen molar-refractivity contribution in [2.75, 3.05) is 39.6 Å². The normalized spacial score (nSPS) is 14.3. The van der Waals surface area contributed by atoms with Gasteiger partial charge in [-0.3, -0.25) is 37.3 Å². The molecule has 0 spiro atoms.